The van der Waals surface area contributed by atoms with Gasteiger partial charge in [-0.25, -0.2) is 4.39 Å². The Morgan fingerprint density at radius 3 is 2.50 bits per heavy atom. The molecule has 0 aliphatic carbocycles. The fraction of sp³-hybridized carbons (Fsp3) is 0.118. The minimum Gasteiger partial charge on any atom is -0.496 e. The van der Waals surface area contributed by atoms with Crippen molar-refractivity contribution in [3.8, 4) is 17.6 Å². The Bertz CT molecular complexity index is 856. The van der Waals surface area contributed by atoms with Gasteiger partial charge in [0.05, 0.1) is 30.8 Å². The van der Waals surface area contributed by atoms with Gasteiger partial charge in [-0.2, -0.15) is 5.26 Å². The van der Waals surface area contributed by atoms with Crippen LogP contribution in [0.4, 0.5) is 10.1 Å². The molecule has 2 aromatic carbocycles. The molecule has 0 unspecified atom stereocenters. The third kappa shape index (κ3) is 3.50. The minimum atomic E-state index is -0.593. The largest absolute Gasteiger partial charge is 0.496 e. The van der Waals surface area contributed by atoms with Crippen molar-refractivity contribution < 1.29 is 18.8 Å². The second-order valence-corrected chi connectivity index (χ2v) is 4.70. The molecule has 2 rings (SSSR count). The van der Waals surface area contributed by atoms with Crippen molar-refractivity contribution in [2.75, 3.05) is 14.2 Å². The predicted molar refractivity (Wildman–Crippen MR) is 86.1 cm³/mol. The molecule has 0 amide bonds. The van der Waals surface area contributed by atoms with Gasteiger partial charge in [0.1, 0.15) is 11.6 Å². The molecule has 0 saturated carbocycles. The first-order chi connectivity index (χ1) is 11.5. The second kappa shape index (κ2) is 7.24. The Morgan fingerprint density at radius 2 is 1.96 bits per heavy atom. The summed E-state index contributed by atoms with van der Waals surface area (Å²) in [5, 5.41) is 20.5. The first-order valence-corrected chi connectivity index (χ1v) is 6.78. The third-order valence-corrected chi connectivity index (χ3v) is 3.28. The zero-order chi connectivity index (χ0) is 17.7. The molecule has 0 aromatic heterocycles. The lowest BCUT2D eigenvalue weighted by atomic mass is 10.0. The Balaban J connectivity index is 2.63. The van der Waals surface area contributed by atoms with Crippen LogP contribution >= 0.6 is 0 Å². The van der Waals surface area contributed by atoms with Gasteiger partial charge in [-0.15, -0.1) is 0 Å². The van der Waals surface area contributed by atoms with Gasteiger partial charge in [-0.05, 0) is 23.8 Å². The van der Waals surface area contributed by atoms with E-state index in [4.69, 9.17) is 9.47 Å². The van der Waals surface area contributed by atoms with Crippen LogP contribution in [0.2, 0.25) is 0 Å². The number of halogens is 1. The smallest absolute Gasteiger partial charge is 0.311 e. The molecule has 0 bridgehead atoms. The van der Waals surface area contributed by atoms with E-state index in [9.17, 15) is 19.8 Å². The van der Waals surface area contributed by atoms with Gasteiger partial charge in [-0.1, -0.05) is 12.1 Å². The van der Waals surface area contributed by atoms with Gasteiger partial charge in [0.25, 0.3) is 0 Å². The lowest BCUT2D eigenvalue weighted by Gasteiger charge is -2.09. The van der Waals surface area contributed by atoms with E-state index in [1.165, 1.54) is 50.6 Å². The first kappa shape index (κ1) is 17.0. The molecule has 0 aliphatic heterocycles. The molecular weight excluding hydrogens is 315 g/mol. The van der Waals surface area contributed by atoms with E-state index in [1.807, 2.05) is 6.07 Å². The lowest BCUT2D eigenvalue weighted by molar-refractivity contribution is -0.385. The van der Waals surface area contributed by atoms with E-state index in [0.29, 0.717) is 16.9 Å². The van der Waals surface area contributed by atoms with Crippen molar-refractivity contribution in [3.05, 3.63) is 63.5 Å². The van der Waals surface area contributed by atoms with E-state index < -0.39 is 10.7 Å². The quantitative estimate of drug-likeness (QED) is 0.360. The molecule has 0 heterocycles. The molecule has 7 heteroatoms. The molecular formula is C17H13FN2O4. The van der Waals surface area contributed by atoms with Crippen LogP contribution in [0.25, 0.3) is 11.6 Å². The molecule has 2 aromatic rings. The Morgan fingerprint density at radius 1 is 1.25 bits per heavy atom. The van der Waals surface area contributed by atoms with Crippen LogP contribution in [0, 0.1) is 27.3 Å². The van der Waals surface area contributed by atoms with Crippen LogP contribution in [0.5, 0.6) is 11.5 Å². The zero-order valence-electron chi connectivity index (χ0n) is 12.9. The van der Waals surface area contributed by atoms with E-state index in [1.54, 1.807) is 6.07 Å². The Kier molecular flexibility index (Phi) is 5.12. The molecule has 0 radical (unpaired) electrons. The summed E-state index contributed by atoms with van der Waals surface area (Å²) in [6.07, 6.45) is 1.40. The SMILES string of the molecule is COc1cc(OC)c([N+](=O)[O-])cc1/C=C(/C#N)c1cccc(F)c1. The van der Waals surface area contributed by atoms with Crippen LogP contribution in [-0.4, -0.2) is 19.1 Å². The van der Waals surface area contributed by atoms with Crippen LogP contribution in [0.15, 0.2) is 36.4 Å². The zero-order valence-corrected chi connectivity index (χ0v) is 12.9. The van der Waals surface area contributed by atoms with Gasteiger partial charge in [0.2, 0.25) is 5.75 Å². The number of nitro groups is 1. The van der Waals surface area contributed by atoms with Crippen molar-refractivity contribution >= 4 is 17.3 Å². The van der Waals surface area contributed by atoms with Gasteiger partial charge in [-0.3, -0.25) is 10.1 Å². The summed E-state index contributed by atoms with van der Waals surface area (Å²) in [6.45, 7) is 0. The topological polar surface area (TPSA) is 85.4 Å². The second-order valence-electron chi connectivity index (χ2n) is 4.70. The maximum atomic E-state index is 13.3. The van der Waals surface area contributed by atoms with Gasteiger partial charge in [0, 0.05) is 17.7 Å². The molecule has 6 nitrogen and oxygen atoms in total. The number of nitro benzene ring substituents is 1. The number of benzene rings is 2. The summed E-state index contributed by atoms with van der Waals surface area (Å²) in [7, 11) is 2.71. The average molecular weight is 328 g/mol. The summed E-state index contributed by atoms with van der Waals surface area (Å²) in [6, 6.07) is 10.1. The number of allylic oxidation sites excluding steroid dienone is 1. The minimum absolute atomic E-state index is 0.0401. The fourth-order valence-electron chi connectivity index (χ4n) is 2.15. The molecule has 0 atom stereocenters. The van der Waals surface area contributed by atoms with Crippen LogP contribution in [-0.2, 0) is 0 Å². The van der Waals surface area contributed by atoms with Crippen molar-refractivity contribution in [2.45, 2.75) is 0 Å². The van der Waals surface area contributed by atoms with Gasteiger partial charge in [0.15, 0.2) is 0 Å². The number of hydrogen-bond donors (Lipinski definition) is 0. The number of nitriles is 1. The van der Waals surface area contributed by atoms with Crippen LogP contribution in [0.1, 0.15) is 11.1 Å². The van der Waals surface area contributed by atoms with Crippen LogP contribution in [0.3, 0.4) is 0 Å². The normalized spacial score (nSPS) is 10.8. The van der Waals surface area contributed by atoms with Gasteiger partial charge >= 0.3 is 5.69 Å². The molecule has 122 valence electrons. The van der Waals surface area contributed by atoms with Crippen molar-refractivity contribution in [2.24, 2.45) is 0 Å². The van der Waals surface area contributed by atoms with E-state index >= 15 is 0 Å². The van der Waals surface area contributed by atoms with Crippen molar-refractivity contribution in [1.82, 2.24) is 0 Å². The molecule has 0 saturated heterocycles. The highest BCUT2D eigenvalue weighted by Gasteiger charge is 2.19. The molecule has 24 heavy (non-hydrogen) atoms. The van der Waals surface area contributed by atoms with E-state index in [0.717, 1.165) is 0 Å². The standard InChI is InChI=1S/C17H13FN2O4/c1-23-16-9-17(24-2)15(20(21)22)8-12(16)6-13(10-19)11-4-3-5-14(18)7-11/h3-9H,1-2H3/b13-6-. The summed E-state index contributed by atoms with van der Waals surface area (Å²) in [5.74, 6) is -0.152. The molecule has 0 aliphatic rings. The third-order valence-electron chi connectivity index (χ3n) is 3.28. The first-order valence-electron chi connectivity index (χ1n) is 6.78. The number of methoxy groups -OCH3 is 2. The highest BCUT2D eigenvalue weighted by atomic mass is 19.1. The van der Waals surface area contributed by atoms with Crippen LogP contribution < -0.4 is 9.47 Å². The van der Waals surface area contributed by atoms with E-state index in [2.05, 4.69) is 0 Å². The maximum absolute atomic E-state index is 13.3. The van der Waals surface area contributed by atoms with Gasteiger partial charge < -0.3 is 9.47 Å². The summed E-state index contributed by atoms with van der Waals surface area (Å²) in [5.41, 5.74) is 0.553. The summed E-state index contributed by atoms with van der Waals surface area (Å²) in [4.78, 5) is 10.6. The number of nitrogens with zero attached hydrogens (tertiary/aromatic N) is 2. The number of hydrogen-bond acceptors (Lipinski definition) is 5. The lowest BCUT2D eigenvalue weighted by Crippen LogP contribution is -1.97. The summed E-state index contributed by atoms with van der Waals surface area (Å²) >= 11 is 0. The van der Waals surface area contributed by atoms with Crippen molar-refractivity contribution in [3.63, 3.8) is 0 Å². The molecule has 0 fully saturated rings. The predicted octanol–water partition coefficient (Wildman–Crippen LogP) is 3.82. The Hall–Kier alpha value is -3.40. The van der Waals surface area contributed by atoms with E-state index in [-0.39, 0.29) is 17.0 Å². The Labute approximate surface area is 137 Å². The average Bonchev–Trinajstić information content (AvgIpc) is 2.58. The number of ether oxygens (including phenoxy) is 2. The van der Waals surface area contributed by atoms with Crippen molar-refractivity contribution in [1.29, 1.82) is 5.26 Å². The fourth-order valence-corrected chi connectivity index (χ4v) is 2.15. The molecule has 0 spiro atoms. The highest BCUT2D eigenvalue weighted by Crippen LogP contribution is 2.36. The highest BCUT2D eigenvalue weighted by molar-refractivity contribution is 5.91. The molecule has 0 N–H and O–H groups in total. The summed E-state index contributed by atoms with van der Waals surface area (Å²) < 4.78 is 23.5. The maximum Gasteiger partial charge on any atom is 0.311 e. The monoisotopic (exact) mass is 328 g/mol. The number of rotatable bonds is 5.